The molecule has 2 rings (SSSR count). The highest BCUT2D eigenvalue weighted by Crippen LogP contribution is 2.38. The number of likely N-dealkylation sites (tertiary alicyclic amines) is 1. The van der Waals surface area contributed by atoms with Gasteiger partial charge in [0.15, 0.2) is 0 Å². The van der Waals surface area contributed by atoms with Crippen molar-refractivity contribution in [3.05, 3.63) is 27.7 Å². The van der Waals surface area contributed by atoms with Gasteiger partial charge >= 0.3 is 6.09 Å². The van der Waals surface area contributed by atoms with Crippen LogP contribution in [0.2, 0.25) is 10.0 Å². The van der Waals surface area contributed by atoms with Gasteiger partial charge in [0.1, 0.15) is 11.4 Å². The number of hydrogen-bond acceptors (Lipinski definition) is 3. The molecule has 1 amide bonds. The number of benzene rings is 1. The van der Waals surface area contributed by atoms with Crippen molar-refractivity contribution in [3.63, 3.8) is 0 Å². The molecule has 6 heteroatoms. The highest BCUT2D eigenvalue weighted by Gasteiger charge is 2.30. The van der Waals surface area contributed by atoms with E-state index < -0.39 is 5.60 Å². The summed E-state index contributed by atoms with van der Waals surface area (Å²) in [5, 5.41) is 0.962. The van der Waals surface area contributed by atoms with Crippen LogP contribution < -0.4 is 4.74 Å². The van der Waals surface area contributed by atoms with E-state index >= 15 is 0 Å². The molecule has 23 heavy (non-hydrogen) atoms. The number of rotatable bonds is 2. The van der Waals surface area contributed by atoms with Crippen LogP contribution in [0.1, 0.15) is 45.1 Å². The Balaban J connectivity index is 2.18. The van der Waals surface area contributed by atoms with Crippen molar-refractivity contribution in [1.29, 1.82) is 0 Å². The molecule has 0 spiro atoms. The fraction of sp³-hybridized carbons (Fsp3) is 0.588. The van der Waals surface area contributed by atoms with Crippen LogP contribution >= 0.6 is 23.2 Å². The minimum atomic E-state index is -0.495. The molecule has 4 nitrogen and oxygen atoms in total. The molecule has 0 N–H and O–H groups in total. The van der Waals surface area contributed by atoms with E-state index in [0.717, 1.165) is 18.4 Å². The molecule has 1 saturated heterocycles. The van der Waals surface area contributed by atoms with Crippen LogP contribution in [-0.2, 0) is 4.74 Å². The molecular weight excluding hydrogens is 337 g/mol. The lowest BCUT2D eigenvalue weighted by atomic mass is 9.90. The van der Waals surface area contributed by atoms with Crippen molar-refractivity contribution in [2.75, 3.05) is 20.2 Å². The Morgan fingerprint density at radius 2 is 1.91 bits per heavy atom. The lowest BCUT2D eigenvalue weighted by Gasteiger charge is -2.34. The zero-order valence-electron chi connectivity index (χ0n) is 14.0. The second-order valence-corrected chi connectivity index (χ2v) is 7.59. The lowest BCUT2D eigenvalue weighted by molar-refractivity contribution is 0.0197. The fourth-order valence-corrected chi connectivity index (χ4v) is 3.09. The van der Waals surface area contributed by atoms with Gasteiger partial charge in [0.25, 0.3) is 0 Å². The van der Waals surface area contributed by atoms with Crippen molar-refractivity contribution >= 4 is 29.3 Å². The Morgan fingerprint density at radius 3 is 2.52 bits per heavy atom. The highest BCUT2D eigenvalue weighted by molar-refractivity contribution is 6.42. The molecule has 0 bridgehead atoms. The van der Waals surface area contributed by atoms with E-state index in [0.29, 0.717) is 28.9 Å². The standard InChI is InChI=1S/C17H23Cl2NO3/c1-17(2,3)23-16(21)20-7-5-6-11(10-20)12-8-13(18)14(19)9-15(12)22-4/h8-9,11H,5-7,10H2,1-4H3. The second kappa shape index (κ2) is 7.18. The van der Waals surface area contributed by atoms with Crippen LogP contribution in [0.15, 0.2) is 12.1 Å². The van der Waals surface area contributed by atoms with Gasteiger partial charge in [-0.05, 0) is 39.7 Å². The number of hydrogen-bond donors (Lipinski definition) is 0. The third-order valence-corrected chi connectivity index (χ3v) is 4.51. The van der Waals surface area contributed by atoms with E-state index in [-0.39, 0.29) is 12.0 Å². The average molecular weight is 360 g/mol. The van der Waals surface area contributed by atoms with E-state index in [9.17, 15) is 4.79 Å². The first kappa shape index (κ1) is 18.2. The van der Waals surface area contributed by atoms with Gasteiger partial charge < -0.3 is 14.4 Å². The minimum absolute atomic E-state index is 0.154. The van der Waals surface area contributed by atoms with E-state index in [2.05, 4.69) is 0 Å². The fourth-order valence-electron chi connectivity index (χ4n) is 2.76. The summed E-state index contributed by atoms with van der Waals surface area (Å²) in [7, 11) is 1.61. The molecule has 1 atom stereocenters. The molecule has 1 aromatic carbocycles. The van der Waals surface area contributed by atoms with Gasteiger partial charge in [-0.3, -0.25) is 0 Å². The summed E-state index contributed by atoms with van der Waals surface area (Å²) in [6.07, 6.45) is 1.60. The Morgan fingerprint density at radius 1 is 1.26 bits per heavy atom. The Labute approximate surface area is 147 Å². The monoisotopic (exact) mass is 359 g/mol. The number of piperidine rings is 1. The summed E-state index contributed by atoms with van der Waals surface area (Å²) >= 11 is 12.2. The van der Waals surface area contributed by atoms with E-state index in [1.54, 1.807) is 18.1 Å². The number of methoxy groups -OCH3 is 1. The highest BCUT2D eigenvalue weighted by atomic mass is 35.5. The van der Waals surface area contributed by atoms with Gasteiger partial charge in [-0.25, -0.2) is 4.79 Å². The van der Waals surface area contributed by atoms with E-state index in [1.807, 2.05) is 26.8 Å². The largest absolute Gasteiger partial charge is 0.496 e. The zero-order valence-corrected chi connectivity index (χ0v) is 15.5. The predicted octanol–water partition coefficient (Wildman–Crippen LogP) is 5.12. The first-order valence-corrected chi connectivity index (χ1v) is 8.47. The molecule has 1 aliphatic heterocycles. The molecule has 1 aromatic rings. The maximum atomic E-state index is 12.3. The molecule has 0 radical (unpaired) electrons. The predicted molar refractivity (Wildman–Crippen MR) is 92.8 cm³/mol. The quantitative estimate of drug-likeness (QED) is 0.735. The molecule has 0 aromatic heterocycles. The van der Waals surface area contributed by atoms with Crippen LogP contribution in [0.5, 0.6) is 5.75 Å². The van der Waals surface area contributed by atoms with Gasteiger partial charge in [-0.15, -0.1) is 0 Å². The van der Waals surface area contributed by atoms with Crippen molar-refractivity contribution in [2.45, 2.75) is 45.1 Å². The number of amides is 1. The molecule has 1 fully saturated rings. The third-order valence-electron chi connectivity index (χ3n) is 3.79. The summed E-state index contributed by atoms with van der Waals surface area (Å²) in [5.74, 6) is 0.858. The van der Waals surface area contributed by atoms with Gasteiger partial charge in [-0.1, -0.05) is 23.2 Å². The normalized spacial score (nSPS) is 18.7. The number of halogens is 2. The lowest BCUT2D eigenvalue weighted by Crippen LogP contribution is -2.42. The topological polar surface area (TPSA) is 38.8 Å². The van der Waals surface area contributed by atoms with Gasteiger partial charge in [0.2, 0.25) is 0 Å². The summed E-state index contributed by atoms with van der Waals surface area (Å²) in [5.41, 5.74) is 0.487. The van der Waals surface area contributed by atoms with Gasteiger partial charge in [0.05, 0.1) is 17.2 Å². The molecule has 0 saturated carbocycles. The van der Waals surface area contributed by atoms with Crippen LogP contribution in [0.25, 0.3) is 0 Å². The maximum absolute atomic E-state index is 12.3. The summed E-state index contributed by atoms with van der Waals surface area (Å²) in [6, 6.07) is 3.57. The summed E-state index contributed by atoms with van der Waals surface area (Å²) in [4.78, 5) is 14.0. The van der Waals surface area contributed by atoms with E-state index in [1.165, 1.54) is 0 Å². The number of carbonyl (C=O) groups excluding carboxylic acids is 1. The maximum Gasteiger partial charge on any atom is 0.410 e. The zero-order chi connectivity index (χ0) is 17.2. The third kappa shape index (κ3) is 4.67. The Bertz CT molecular complexity index is 584. The number of carbonyl (C=O) groups is 1. The molecular formula is C17H23Cl2NO3. The summed E-state index contributed by atoms with van der Waals surface area (Å²) < 4.78 is 10.9. The number of ether oxygens (including phenoxy) is 2. The molecule has 1 unspecified atom stereocenters. The van der Waals surface area contributed by atoms with Crippen molar-refractivity contribution in [2.24, 2.45) is 0 Å². The first-order valence-electron chi connectivity index (χ1n) is 7.72. The molecule has 0 aliphatic carbocycles. The molecule has 1 heterocycles. The van der Waals surface area contributed by atoms with Crippen molar-refractivity contribution in [1.82, 2.24) is 4.90 Å². The molecule has 128 valence electrons. The van der Waals surface area contributed by atoms with Crippen molar-refractivity contribution in [3.8, 4) is 5.75 Å². The van der Waals surface area contributed by atoms with Gasteiger partial charge in [0, 0.05) is 30.6 Å². The van der Waals surface area contributed by atoms with Crippen molar-refractivity contribution < 1.29 is 14.3 Å². The second-order valence-electron chi connectivity index (χ2n) is 6.77. The minimum Gasteiger partial charge on any atom is -0.496 e. The van der Waals surface area contributed by atoms with Crippen LogP contribution in [0, 0.1) is 0 Å². The number of nitrogens with zero attached hydrogens (tertiary/aromatic N) is 1. The average Bonchev–Trinajstić information content (AvgIpc) is 2.48. The smallest absolute Gasteiger partial charge is 0.410 e. The van der Waals surface area contributed by atoms with Crippen LogP contribution in [-0.4, -0.2) is 36.8 Å². The van der Waals surface area contributed by atoms with Crippen LogP contribution in [0.4, 0.5) is 4.79 Å². The van der Waals surface area contributed by atoms with E-state index in [4.69, 9.17) is 32.7 Å². The Hall–Kier alpha value is -1.13. The van der Waals surface area contributed by atoms with Gasteiger partial charge in [-0.2, -0.15) is 0 Å². The molecule has 1 aliphatic rings. The SMILES string of the molecule is COc1cc(Cl)c(Cl)cc1C1CCCN(C(=O)OC(C)(C)C)C1. The summed E-state index contributed by atoms with van der Waals surface area (Å²) in [6.45, 7) is 6.90. The van der Waals surface area contributed by atoms with Crippen LogP contribution in [0.3, 0.4) is 0 Å². The Kier molecular flexibility index (Phi) is 5.69. The first-order chi connectivity index (χ1) is 10.7.